The lowest BCUT2D eigenvalue weighted by Gasteiger charge is -2.03. The maximum atomic E-state index is 10.6. The van der Waals surface area contributed by atoms with E-state index < -0.39 is 5.97 Å². The van der Waals surface area contributed by atoms with Gasteiger partial charge in [0.1, 0.15) is 0 Å². The van der Waals surface area contributed by atoms with Crippen LogP contribution in [0.1, 0.15) is 23.3 Å². The average Bonchev–Trinajstić information content (AvgIpc) is 2.99. The summed E-state index contributed by atoms with van der Waals surface area (Å²) >= 11 is 0. The first-order valence-electron chi connectivity index (χ1n) is 4.59. The molecule has 2 rings (SSSR count). The van der Waals surface area contributed by atoms with Gasteiger partial charge < -0.3 is 9.84 Å². The van der Waals surface area contributed by atoms with Gasteiger partial charge in [-0.25, -0.2) is 9.78 Å². The van der Waals surface area contributed by atoms with Gasteiger partial charge in [0.15, 0.2) is 5.69 Å². The van der Waals surface area contributed by atoms with Crippen LogP contribution < -0.4 is 4.74 Å². The lowest BCUT2D eigenvalue weighted by atomic mass is 10.3. The van der Waals surface area contributed by atoms with Crippen molar-refractivity contribution in [1.29, 1.82) is 0 Å². The lowest BCUT2D eigenvalue weighted by molar-refractivity contribution is 0.0689. The van der Waals surface area contributed by atoms with Crippen molar-refractivity contribution < 1.29 is 14.6 Å². The first-order valence-corrected chi connectivity index (χ1v) is 4.59. The molecular formula is C10H11NO3. The molecule has 0 spiro atoms. The van der Waals surface area contributed by atoms with Crippen LogP contribution in [0.25, 0.3) is 0 Å². The summed E-state index contributed by atoms with van der Waals surface area (Å²) < 4.78 is 5.35. The number of aromatic carboxylic acids is 1. The van der Waals surface area contributed by atoms with Crippen molar-refractivity contribution in [3.8, 4) is 5.88 Å². The van der Waals surface area contributed by atoms with Crippen LogP contribution in [0, 0.1) is 5.92 Å². The summed E-state index contributed by atoms with van der Waals surface area (Å²) in [6.07, 6.45) is 2.41. The Morgan fingerprint density at radius 2 is 2.36 bits per heavy atom. The molecule has 1 aliphatic rings. The van der Waals surface area contributed by atoms with Crippen LogP contribution in [-0.4, -0.2) is 22.7 Å². The van der Waals surface area contributed by atoms with Crippen molar-refractivity contribution in [2.24, 2.45) is 5.92 Å². The van der Waals surface area contributed by atoms with Gasteiger partial charge in [-0.05, 0) is 24.8 Å². The molecule has 4 heteroatoms. The van der Waals surface area contributed by atoms with Crippen LogP contribution in [0.3, 0.4) is 0 Å². The minimum absolute atomic E-state index is 0.0262. The number of ether oxygens (including phenoxy) is 1. The monoisotopic (exact) mass is 193 g/mol. The van der Waals surface area contributed by atoms with E-state index in [2.05, 4.69) is 4.98 Å². The molecule has 0 aromatic carbocycles. The van der Waals surface area contributed by atoms with E-state index in [-0.39, 0.29) is 5.69 Å². The molecule has 1 aromatic rings. The molecule has 0 unspecified atom stereocenters. The van der Waals surface area contributed by atoms with Gasteiger partial charge in [0.2, 0.25) is 5.88 Å². The fourth-order valence-electron chi connectivity index (χ4n) is 1.10. The summed E-state index contributed by atoms with van der Waals surface area (Å²) in [5.41, 5.74) is 0.0262. The number of carboxylic acids is 1. The Morgan fingerprint density at radius 1 is 1.57 bits per heavy atom. The molecule has 0 saturated heterocycles. The highest BCUT2D eigenvalue weighted by Gasteiger charge is 2.22. The minimum atomic E-state index is -1.03. The van der Waals surface area contributed by atoms with Crippen molar-refractivity contribution in [2.75, 3.05) is 6.61 Å². The van der Waals surface area contributed by atoms with Gasteiger partial charge in [0.25, 0.3) is 0 Å². The zero-order valence-electron chi connectivity index (χ0n) is 7.64. The van der Waals surface area contributed by atoms with Crippen molar-refractivity contribution in [2.45, 2.75) is 12.8 Å². The Hall–Kier alpha value is -1.58. The van der Waals surface area contributed by atoms with E-state index in [0.29, 0.717) is 18.4 Å². The third-order valence-electron chi connectivity index (χ3n) is 2.11. The Morgan fingerprint density at radius 3 is 3.00 bits per heavy atom. The quantitative estimate of drug-likeness (QED) is 0.788. The van der Waals surface area contributed by atoms with E-state index in [0.717, 1.165) is 0 Å². The smallest absolute Gasteiger partial charge is 0.354 e. The van der Waals surface area contributed by atoms with E-state index in [1.54, 1.807) is 12.1 Å². The molecule has 1 heterocycles. The standard InChI is InChI=1S/C10H11NO3/c12-10(13)8-2-1-3-9(11-8)14-6-7-4-5-7/h1-3,7H,4-6H2,(H,12,13). The number of hydrogen-bond acceptors (Lipinski definition) is 3. The fourth-order valence-corrected chi connectivity index (χ4v) is 1.10. The summed E-state index contributed by atoms with van der Waals surface area (Å²) in [5.74, 6) is 0.0176. The molecule has 1 N–H and O–H groups in total. The van der Waals surface area contributed by atoms with Gasteiger partial charge >= 0.3 is 5.97 Å². The highest BCUT2D eigenvalue weighted by atomic mass is 16.5. The molecule has 14 heavy (non-hydrogen) atoms. The van der Waals surface area contributed by atoms with E-state index in [4.69, 9.17) is 9.84 Å². The maximum absolute atomic E-state index is 10.6. The lowest BCUT2D eigenvalue weighted by Crippen LogP contribution is -2.04. The molecule has 1 fully saturated rings. The summed E-state index contributed by atoms with van der Waals surface area (Å²) in [4.78, 5) is 14.4. The van der Waals surface area contributed by atoms with Gasteiger partial charge in [0.05, 0.1) is 6.61 Å². The molecule has 74 valence electrons. The second-order valence-corrected chi connectivity index (χ2v) is 3.42. The van der Waals surface area contributed by atoms with Crippen LogP contribution >= 0.6 is 0 Å². The molecular weight excluding hydrogens is 182 g/mol. The third kappa shape index (κ3) is 2.22. The minimum Gasteiger partial charge on any atom is -0.477 e. The van der Waals surface area contributed by atoms with Crippen LogP contribution in [-0.2, 0) is 0 Å². The van der Waals surface area contributed by atoms with Crippen LogP contribution in [0.15, 0.2) is 18.2 Å². The number of hydrogen-bond donors (Lipinski definition) is 1. The largest absolute Gasteiger partial charge is 0.477 e. The van der Waals surface area contributed by atoms with Gasteiger partial charge in [-0.2, -0.15) is 0 Å². The highest BCUT2D eigenvalue weighted by molar-refractivity contribution is 5.85. The second-order valence-electron chi connectivity index (χ2n) is 3.42. The highest BCUT2D eigenvalue weighted by Crippen LogP contribution is 2.29. The van der Waals surface area contributed by atoms with Gasteiger partial charge in [-0.1, -0.05) is 6.07 Å². The van der Waals surface area contributed by atoms with Gasteiger partial charge in [-0.3, -0.25) is 0 Å². The molecule has 4 nitrogen and oxygen atoms in total. The average molecular weight is 193 g/mol. The van der Waals surface area contributed by atoms with Crippen molar-refractivity contribution in [1.82, 2.24) is 4.98 Å². The van der Waals surface area contributed by atoms with E-state index in [1.807, 2.05) is 0 Å². The SMILES string of the molecule is O=C(O)c1cccc(OCC2CC2)n1. The molecule has 0 bridgehead atoms. The summed E-state index contributed by atoms with van der Waals surface area (Å²) in [6.45, 7) is 0.649. The molecule has 1 aliphatic carbocycles. The number of pyridine rings is 1. The topological polar surface area (TPSA) is 59.4 Å². The predicted octanol–water partition coefficient (Wildman–Crippen LogP) is 1.57. The zero-order chi connectivity index (χ0) is 9.97. The fraction of sp³-hybridized carbons (Fsp3) is 0.400. The Bertz CT molecular complexity index is 347. The number of aromatic nitrogens is 1. The summed E-state index contributed by atoms with van der Waals surface area (Å²) in [6, 6.07) is 4.76. The predicted molar refractivity (Wildman–Crippen MR) is 49.4 cm³/mol. The molecule has 0 amide bonds. The second kappa shape index (κ2) is 3.65. The van der Waals surface area contributed by atoms with Crippen LogP contribution in [0.5, 0.6) is 5.88 Å². The normalized spacial score (nSPS) is 15.1. The summed E-state index contributed by atoms with van der Waals surface area (Å²) in [7, 11) is 0. The molecule has 0 atom stereocenters. The van der Waals surface area contributed by atoms with Gasteiger partial charge in [-0.15, -0.1) is 0 Å². The number of rotatable bonds is 4. The van der Waals surface area contributed by atoms with Crippen LogP contribution in [0.2, 0.25) is 0 Å². The van der Waals surface area contributed by atoms with E-state index in [1.165, 1.54) is 18.9 Å². The van der Waals surface area contributed by atoms with Crippen molar-refractivity contribution in [3.63, 3.8) is 0 Å². The Balaban J connectivity index is 2.01. The van der Waals surface area contributed by atoms with Crippen LogP contribution in [0.4, 0.5) is 0 Å². The molecule has 0 radical (unpaired) electrons. The number of carboxylic acid groups (broad SMARTS) is 1. The van der Waals surface area contributed by atoms with E-state index in [9.17, 15) is 4.79 Å². The number of nitrogens with zero attached hydrogens (tertiary/aromatic N) is 1. The zero-order valence-corrected chi connectivity index (χ0v) is 7.64. The Labute approximate surface area is 81.5 Å². The Kier molecular flexibility index (Phi) is 2.35. The first kappa shape index (κ1) is 8.99. The number of carbonyl (C=O) groups is 1. The summed E-state index contributed by atoms with van der Waals surface area (Å²) in [5, 5.41) is 8.68. The van der Waals surface area contributed by atoms with E-state index >= 15 is 0 Å². The van der Waals surface area contributed by atoms with Crippen molar-refractivity contribution >= 4 is 5.97 Å². The van der Waals surface area contributed by atoms with Crippen molar-refractivity contribution in [3.05, 3.63) is 23.9 Å². The first-order chi connectivity index (χ1) is 6.75. The molecule has 0 aliphatic heterocycles. The molecule has 1 aromatic heterocycles. The molecule has 1 saturated carbocycles. The maximum Gasteiger partial charge on any atom is 0.354 e. The van der Waals surface area contributed by atoms with Gasteiger partial charge in [0, 0.05) is 6.07 Å². The third-order valence-corrected chi connectivity index (χ3v) is 2.11.